The first-order chi connectivity index (χ1) is 8.02. The molecular formula is C15H25NO. The van der Waals surface area contributed by atoms with E-state index >= 15 is 0 Å². The predicted molar refractivity (Wildman–Crippen MR) is 73.5 cm³/mol. The molecule has 17 heavy (non-hydrogen) atoms. The van der Waals surface area contributed by atoms with Crippen LogP contribution in [0.15, 0.2) is 24.3 Å². The number of methoxy groups -OCH3 is 1. The summed E-state index contributed by atoms with van der Waals surface area (Å²) >= 11 is 0. The predicted octanol–water partition coefficient (Wildman–Crippen LogP) is 3.92. The lowest BCUT2D eigenvalue weighted by atomic mass is 9.96. The Labute approximate surface area is 105 Å². The van der Waals surface area contributed by atoms with Crippen molar-refractivity contribution in [3.05, 3.63) is 29.8 Å². The Morgan fingerprint density at radius 3 is 2.18 bits per heavy atom. The van der Waals surface area contributed by atoms with E-state index in [0.717, 1.165) is 18.6 Å². The van der Waals surface area contributed by atoms with Gasteiger partial charge >= 0.3 is 0 Å². The van der Waals surface area contributed by atoms with E-state index in [1.165, 1.54) is 5.56 Å². The van der Waals surface area contributed by atoms with Crippen LogP contribution in [0.1, 0.15) is 52.1 Å². The molecule has 1 rings (SSSR count). The van der Waals surface area contributed by atoms with Crippen LogP contribution in [0.3, 0.4) is 0 Å². The third-order valence-electron chi connectivity index (χ3n) is 3.38. The van der Waals surface area contributed by atoms with Crippen LogP contribution in [0.4, 0.5) is 0 Å². The molecule has 0 aliphatic heterocycles. The Morgan fingerprint density at radius 2 is 1.76 bits per heavy atom. The molecule has 0 amide bonds. The van der Waals surface area contributed by atoms with Gasteiger partial charge in [0.25, 0.3) is 0 Å². The SMILES string of the molecule is CCC(NC(C)(C)CC)c1ccc(OC)cc1. The zero-order valence-electron chi connectivity index (χ0n) is 11.7. The van der Waals surface area contributed by atoms with Gasteiger partial charge in [0.05, 0.1) is 7.11 Å². The molecule has 1 atom stereocenters. The van der Waals surface area contributed by atoms with Gasteiger partial charge in [0.1, 0.15) is 5.75 Å². The quantitative estimate of drug-likeness (QED) is 0.806. The maximum atomic E-state index is 5.18. The Hall–Kier alpha value is -1.02. The molecule has 0 bridgehead atoms. The highest BCUT2D eigenvalue weighted by atomic mass is 16.5. The van der Waals surface area contributed by atoms with E-state index in [9.17, 15) is 0 Å². The van der Waals surface area contributed by atoms with Crippen LogP contribution < -0.4 is 10.1 Å². The standard InChI is InChI=1S/C15H25NO/c1-6-14(16-15(3,4)7-2)12-8-10-13(17-5)11-9-12/h8-11,14,16H,6-7H2,1-5H3. The largest absolute Gasteiger partial charge is 0.497 e. The lowest BCUT2D eigenvalue weighted by molar-refractivity contribution is 0.321. The van der Waals surface area contributed by atoms with Gasteiger partial charge in [0.2, 0.25) is 0 Å². The summed E-state index contributed by atoms with van der Waals surface area (Å²) in [6, 6.07) is 8.75. The first-order valence-corrected chi connectivity index (χ1v) is 6.44. The topological polar surface area (TPSA) is 21.3 Å². The maximum Gasteiger partial charge on any atom is 0.118 e. The van der Waals surface area contributed by atoms with Crippen molar-refractivity contribution in [3.8, 4) is 5.75 Å². The van der Waals surface area contributed by atoms with Crippen LogP contribution in [0, 0.1) is 0 Å². The number of ether oxygens (including phenoxy) is 1. The normalized spacial score (nSPS) is 13.5. The minimum atomic E-state index is 0.181. The molecule has 0 fully saturated rings. The number of benzene rings is 1. The van der Waals surface area contributed by atoms with E-state index in [1.54, 1.807) is 7.11 Å². The van der Waals surface area contributed by atoms with E-state index < -0.39 is 0 Å². The zero-order valence-corrected chi connectivity index (χ0v) is 11.7. The van der Waals surface area contributed by atoms with Gasteiger partial charge in [-0.05, 0) is 44.4 Å². The minimum Gasteiger partial charge on any atom is -0.497 e. The Balaban J connectivity index is 2.79. The zero-order chi connectivity index (χ0) is 12.9. The number of hydrogen-bond acceptors (Lipinski definition) is 2. The van der Waals surface area contributed by atoms with Gasteiger partial charge in [-0.2, -0.15) is 0 Å². The van der Waals surface area contributed by atoms with Crippen molar-refractivity contribution in [2.45, 2.75) is 52.1 Å². The van der Waals surface area contributed by atoms with Gasteiger partial charge in [-0.15, -0.1) is 0 Å². The first kappa shape index (κ1) is 14.0. The smallest absolute Gasteiger partial charge is 0.118 e. The molecule has 1 N–H and O–H groups in total. The van der Waals surface area contributed by atoms with Crippen molar-refractivity contribution in [2.75, 3.05) is 7.11 Å². The average Bonchev–Trinajstić information content (AvgIpc) is 2.36. The van der Waals surface area contributed by atoms with Gasteiger partial charge < -0.3 is 10.1 Å². The summed E-state index contributed by atoms with van der Waals surface area (Å²) in [7, 11) is 1.70. The first-order valence-electron chi connectivity index (χ1n) is 6.44. The molecule has 0 aromatic heterocycles. The van der Waals surface area contributed by atoms with E-state index in [2.05, 4.69) is 45.1 Å². The molecule has 0 aliphatic carbocycles. The molecule has 1 aromatic carbocycles. The third-order valence-corrected chi connectivity index (χ3v) is 3.38. The van der Waals surface area contributed by atoms with E-state index in [4.69, 9.17) is 4.74 Å². The fourth-order valence-corrected chi connectivity index (χ4v) is 1.83. The molecule has 0 spiro atoms. The highest BCUT2D eigenvalue weighted by molar-refractivity contribution is 5.29. The van der Waals surface area contributed by atoms with Crippen LogP contribution in [0.5, 0.6) is 5.75 Å². The maximum absolute atomic E-state index is 5.18. The van der Waals surface area contributed by atoms with E-state index in [0.29, 0.717) is 6.04 Å². The monoisotopic (exact) mass is 235 g/mol. The lowest BCUT2D eigenvalue weighted by Crippen LogP contribution is -2.40. The summed E-state index contributed by atoms with van der Waals surface area (Å²) in [5.41, 5.74) is 1.51. The Kier molecular flexibility index (Phi) is 5.01. The molecule has 0 saturated carbocycles. The Bertz CT molecular complexity index is 329. The summed E-state index contributed by atoms with van der Waals surface area (Å²) in [5.74, 6) is 0.915. The van der Waals surface area contributed by atoms with Crippen molar-refractivity contribution >= 4 is 0 Å². The summed E-state index contributed by atoms with van der Waals surface area (Å²) in [4.78, 5) is 0. The van der Waals surface area contributed by atoms with Crippen LogP contribution in [-0.4, -0.2) is 12.6 Å². The van der Waals surface area contributed by atoms with Crippen molar-refractivity contribution < 1.29 is 4.74 Å². The molecule has 0 aliphatic rings. The number of nitrogens with one attached hydrogen (secondary N) is 1. The third kappa shape index (κ3) is 4.04. The van der Waals surface area contributed by atoms with Crippen LogP contribution >= 0.6 is 0 Å². The molecular weight excluding hydrogens is 210 g/mol. The second-order valence-corrected chi connectivity index (χ2v) is 5.12. The van der Waals surface area contributed by atoms with Gasteiger partial charge in [-0.25, -0.2) is 0 Å². The summed E-state index contributed by atoms with van der Waals surface area (Å²) < 4.78 is 5.18. The fraction of sp³-hybridized carbons (Fsp3) is 0.600. The second kappa shape index (κ2) is 6.06. The molecule has 2 heteroatoms. The van der Waals surface area contributed by atoms with Gasteiger partial charge in [0, 0.05) is 11.6 Å². The summed E-state index contributed by atoms with van der Waals surface area (Å²) in [6.45, 7) is 8.93. The molecule has 0 saturated heterocycles. The molecule has 0 heterocycles. The highest BCUT2D eigenvalue weighted by Crippen LogP contribution is 2.23. The molecule has 0 radical (unpaired) electrons. The van der Waals surface area contributed by atoms with Crippen molar-refractivity contribution in [3.63, 3.8) is 0 Å². The van der Waals surface area contributed by atoms with Crippen molar-refractivity contribution in [1.82, 2.24) is 5.32 Å². The Morgan fingerprint density at radius 1 is 1.18 bits per heavy atom. The van der Waals surface area contributed by atoms with Gasteiger partial charge in [0.15, 0.2) is 0 Å². The summed E-state index contributed by atoms with van der Waals surface area (Å²) in [5, 5.41) is 3.71. The van der Waals surface area contributed by atoms with Crippen LogP contribution in [0.25, 0.3) is 0 Å². The molecule has 1 unspecified atom stereocenters. The van der Waals surface area contributed by atoms with Gasteiger partial charge in [-0.1, -0.05) is 26.0 Å². The highest BCUT2D eigenvalue weighted by Gasteiger charge is 2.20. The van der Waals surface area contributed by atoms with E-state index in [-0.39, 0.29) is 5.54 Å². The minimum absolute atomic E-state index is 0.181. The number of rotatable bonds is 6. The summed E-state index contributed by atoms with van der Waals surface area (Å²) in [6.07, 6.45) is 2.22. The molecule has 2 nitrogen and oxygen atoms in total. The van der Waals surface area contributed by atoms with Crippen LogP contribution in [0.2, 0.25) is 0 Å². The molecule has 1 aromatic rings. The number of hydrogen-bond donors (Lipinski definition) is 1. The van der Waals surface area contributed by atoms with Crippen molar-refractivity contribution in [1.29, 1.82) is 0 Å². The van der Waals surface area contributed by atoms with E-state index in [1.807, 2.05) is 12.1 Å². The average molecular weight is 235 g/mol. The van der Waals surface area contributed by atoms with Crippen LogP contribution in [-0.2, 0) is 0 Å². The fourth-order valence-electron chi connectivity index (χ4n) is 1.83. The molecule has 96 valence electrons. The van der Waals surface area contributed by atoms with Gasteiger partial charge in [-0.3, -0.25) is 0 Å². The van der Waals surface area contributed by atoms with Crippen molar-refractivity contribution in [2.24, 2.45) is 0 Å². The second-order valence-electron chi connectivity index (χ2n) is 5.12. The lowest BCUT2D eigenvalue weighted by Gasteiger charge is -2.31.